The van der Waals surface area contributed by atoms with Crippen LogP contribution < -0.4 is 16.4 Å². The first-order valence-corrected chi connectivity index (χ1v) is 10.4. The highest BCUT2D eigenvalue weighted by Gasteiger charge is 2.15. The Morgan fingerprint density at radius 1 is 1.00 bits per heavy atom. The van der Waals surface area contributed by atoms with Gasteiger partial charge in [0.25, 0.3) is 11.8 Å². The van der Waals surface area contributed by atoms with Crippen LogP contribution >= 0.6 is 0 Å². The first-order valence-electron chi connectivity index (χ1n) is 10.4. The van der Waals surface area contributed by atoms with Crippen LogP contribution in [0.1, 0.15) is 60.9 Å². The Morgan fingerprint density at radius 3 is 2.25 bits per heavy atom. The molecule has 8 nitrogen and oxygen atoms in total. The summed E-state index contributed by atoms with van der Waals surface area (Å²) in [6.45, 7) is 10.3. The number of guanidine groups is 1. The number of imidazole rings is 1. The van der Waals surface area contributed by atoms with Crippen molar-refractivity contribution < 1.29 is 9.59 Å². The van der Waals surface area contributed by atoms with Crippen molar-refractivity contribution in [1.29, 1.82) is 0 Å². The number of amides is 2. The van der Waals surface area contributed by atoms with E-state index in [4.69, 9.17) is 5.73 Å². The lowest BCUT2D eigenvalue weighted by atomic mass is 9.87. The van der Waals surface area contributed by atoms with E-state index in [2.05, 4.69) is 46.4 Å². The molecule has 1 aromatic heterocycles. The fraction of sp³-hybridized carbons (Fsp3) is 0.250. The molecule has 0 bridgehead atoms. The number of aliphatic imine (C=N–C) groups is 1. The van der Waals surface area contributed by atoms with Crippen LogP contribution in [0.2, 0.25) is 0 Å². The maximum Gasteiger partial charge on any atom is 0.260 e. The minimum absolute atomic E-state index is 0.00454. The Balaban J connectivity index is 0.00000176. The highest BCUT2D eigenvalue weighted by molar-refractivity contribution is 6.09. The summed E-state index contributed by atoms with van der Waals surface area (Å²) < 4.78 is 0. The summed E-state index contributed by atoms with van der Waals surface area (Å²) in [4.78, 5) is 35.9. The van der Waals surface area contributed by atoms with Crippen LogP contribution in [0.4, 0.5) is 11.6 Å². The molecule has 3 rings (SSSR count). The van der Waals surface area contributed by atoms with E-state index < -0.39 is 5.91 Å². The summed E-state index contributed by atoms with van der Waals surface area (Å²) in [5.74, 6) is -0.577. The third kappa shape index (κ3) is 6.53. The first-order chi connectivity index (χ1) is 15.2. The van der Waals surface area contributed by atoms with Crippen molar-refractivity contribution in [2.45, 2.75) is 40.0 Å². The Morgan fingerprint density at radius 2 is 1.66 bits per heavy atom. The number of anilines is 1. The normalized spacial score (nSPS) is 11.2. The number of carbonyl (C=O) groups is 2. The van der Waals surface area contributed by atoms with E-state index in [-0.39, 0.29) is 17.3 Å². The lowest BCUT2D eigenvalue weighted by molar-refractivity contribution is 0.0975. The van der Waals surface area contributed by atoms with E-state index in [0.717, 1.165) is 5.56 Å². The average molecular weight is 435 g/mol. The van der Waals surface area contributed by atoms with Gasteiger partial charge in [-0.15, -0.1) is 0 Å². The predicted octanol–water partition coefficient (Wildman–Crippen LogP) is 4.36. The van der Waals surface area contributed by atoms with Crippen molar-refractivity contribution in [3.05, 3.63) is 77.6 Å². The van der Waals surface area contributed by atoms with Gasteiger partial charge >= 0.3 is 0 Å². The zero-order valence-corrected chi connectivity index (χ0v) is 19.1. The highest BCUT2D eigenvalue weighted by Crippen LogP contribution is 2.22. The molecule has 0 atom stereocenters. The molecule has 0 aliphatic rings. The standard InChI is InChI=1S/C22H24N6O2.C2H6/c1-22(2,3)15-10-8-14(9-11-15)18(29)27-20(23)26-17-7-5-4-6-16(17)19(30)28-21-24-12-13-25-21;1-2/h4-13H,1-3H3,(H3,23,26,27,29)(H2,24,25,28,30);1-2H3. The number of hydrogen-bond acceptors (Lipinski definition) is 4. The van der Waals surface area contributed by atoms with Gasteiger partial charge in [0.1, 0.15) is 0 Å². The molecule has 0 unspecified atom stereocenters. The molecule has 0 radical (unpaired) electrons. The third-order valence-corrected chi connectivity index (χ3v) is 4.37. The van der Waals surface area contributed by atoms with Gasteiger partial charge in [0, 0.05) is 18.0 Å². The van der Waals surface area contributed by atoms with Crippen molar-refractivity contribution in [1.82, 2.24) is 15.3 Å². The topological polar surface area (TPSA) is 125 Å². The molecular formula is C24H30N6O2. The van der Waals surface area contributed by atoms with Crippen molar-refractivity contribution in [2.24, 2.45) is 10.7 Å². The number of hydrogen-bond donors (Lipinski definition) is 4. The SMILES string of the molecule is CC.CC(C)(C)c1ccc(C(=O)NC(N)=Nc2ccccc2C(=O)Nc2ncc[nH]2)cc1. The van der Waals surface area contributed by atoms with Crippen molar-refractivity contribution >= 4 is 29.4 Å². The summed E-state index contributed by atoms with van der Waals surface area (Å²) >= 11 is 0. The molecule has 3 aromatic rings. The average Bonchev–Trinajstić information content (AvgIpc) is 3.28. The Labute approximate surface area is 188 Å². The number of rotatable bonds is 4. The smallest absolute Gasteiger partial charge is 0.260 e. The van der Waals surface area contributed by atoms with Gasteiger partial charge in [-0.25, -0.2) is 9.98 Å². The molecule has 0 spiro atoms. The fourth-order valence-electron chi connectivity index (χ4n) is 2.74. The van der Waals surface area contributed by atoms with Crippen LogP contribution in [0.5, 0.6) is 0 Å². The molecule has 0 saturated heterocycles. The third-order valence-electron chi connectivity index (χ3n) is 4.37. The summed E-state index contributed by atoms with van der Waals surface area (Å²) in [5.41, 5.74) is 8.11. The van der Waals surface area contributed by atoms with Gasteiger partial charge in [0.2, 0.25) is 11.9 Å². The molecule has 0 saturated carbocycles. The molecule has 5 N–H and O–H groups in total. The van der Waals surface area contributed by atoms with E-state index >= 15 is 0 Å². The molecule has 2 aromatic carbocycles. The number of aromatic nitrogens is 2. The molecule has 168 valence electrons. The molecule has 0 aliphatic carbocycles. The van der Waals surface area contributed by atoms with Gasteiger partial charge in [0.05, 0.1) is 11.3 Å². The van der Waals surface area contributed by atoms with Crippen LogP contribution in [0.3, 0.4) is 0 Å². The number of aromatic amines is 1. The van der Waals surface area contributed by atoms with Gasteiger partial charge in [-0.1, -0.05) is 58.9 Å². The lowest BCUT2D eigenvalue weighted by Gasteiger charge is -2.19. The monoisotopic (exact) mass is 434 g/mol. The minimum atomic E-state index is -0.402. The minimum Gasteiger partial charge on any atom is -0.369 e. The second-order valence-corrected chi connectivity index (χ2v) is 7.69. The van der Waals surface area contributed by atoms with Crippen molar-refractivity contribution in [3.8, 4) is 0 Å². The van der Waals surface area contributed by atoms with Crippen LogP contribution in [0.25, 0.3) is 0 Å². The zero-order chi connectivity index (χ0) is 23.7. The number of para-hydroxylation sites is 1. The van der Waals surface area contributed by atoms with E-state index in [1.807, 2.05) is 26.0 Å². The fourth-order valence-corrected chi connectivity index (χ4v) is 2.74. The maximum atomic E-state index is 12.5. The molecule has 0 aliphatic heterocycles. The summed E-state index contributed by atoms with van der Waals surface area (Å²) in [6, 6.07) is 14.0. The van der Waals surface area contributed by atoms with Gasteiger partial charge in [0.15, 0.2) is 0 Å². The Kier molecular flexibility index (Phi) is 8.29. The predicted molar refractivity (Wildman–Crippen MR) is 128 cm³/mol. The van der Waals surface area contributed by atoms with Crippen LogP contribution in [0, 0.1) is 0 Å². The molecular weight excluding hydrogens is 404 g/mol. The van der Waals surface area contributed by atoms with Crippen LogP contribution in [0.15, 0.2) is 65.9 Å². The molecule has 32 heavy (non-hydrogen) atoms. The van der Waals surface area contributed by atoms with Crippen molar-refractivity contribution in [3.63, 3.8) is 0 Å². The Bertz CT molecular complexity index is 1060. The van der Waals surface area contributed by atoms with Crippen molar-refractivity contribution in [2.75, 3.05) is 5.32 Å². The summed E-state index contributed by atoms with van der Waals surface area (Å²) in [7, 11) is 0. The summed E-state index contributed by atoms with van der Waals surface area (Å²) in [6.07, 6.45) is 3.13. The Hall–Kier alpha value is -3.94. The second kappa shape index (κ2) is 10.9. The lowest BCUT2D eigenvalue weighted by Crippen LogP contribution is -2.36. The van der Waals surface area contributed by atoms with Gasteiger partial charge in [-0.05, 0) is 35.2 Å². The van der Waals surface area contributed by atoms with E-state index in [9.17, 15) is 9.59 Å². The van der Waals surface area contributed by atoms with Gasteiger partial charge in [-0.2, -0.15) is 0 Å². The number of H-pyrrole nitrogens is 1. The molecule has 0 fully saturated rings. The van der Waals surface area contributed by atoms with E-state index in [1.165, 1.54) is 6.20 Å². The quantitative estimate of drug-likeness (QED) is 0.359. The number of nitrogens with two attached hydrogens (primary N) is 1. The zero-order valence-electron chi connectivity index (χ0n) is 19.1. The van der Waals surface area contributed by atoms with Crippen LogP contribution in [-0.4, -0.2) is 27.7 Å². The van der Waals surface area contributed by atoms with E-state index in [0.29, 0.717) is 22.8 Å². The number of carbonyl (C=O) groups excluding carboxylic acids is 2. The molecule has 1 heterocycles. The van der Waals surface area contributed by atoms with Gasteiger partial charge in [-0.3, -0.25) is 20.2 Å². The number of nitrogens with zero attached hydrogens (tertiary/aromatic N) is 2. The highest BCUT2D eigenvalue weighted by atomic mass is 16.2. The van der Waals surface area contributed by atoms with Crippen LogP contribution in [-0.2, 0) is 5.41 Å². The largest absolute Gasteiger partial charge is 0.369 e. The second-order valence-electron chi connectivity index (χ2n) is 7.69. The number of benzene rings is 2. The summed E-state index contributed by atoms with van der Waals surface area (Å²) in [5, 5.41) is 5.19. The molecule has 2 amide bonds. The first kappa shape index (κ1) is 24.3. The van der Waals surface area contributed by atoms with E-state index in [1.54, 1.807) is 42.6 Å². The number of nitrogens with one attached hydrogen (secondary N) is 3. The molecule has 8 heteroatoms. The van der Waals surface area contributed by atoms with Gasteiger partial charge < -0.3 is 10.7 Å². The maximum absolute atomic E-state index is 12.5.